The number of hydrogen-bond acceptors (Lipinski definition) is 4. The zero-order valence-corrected chi connectivity index (χ0v) is 16.1. The molecule has 0 aliphatic carbocycles. The summed E-state index contributed by atoms with van der Waals surface area (Å²) < 4.78 is 5.44. The summed E-state index contributed by atoms with van der Waals surface area (Å²) in [7, 11) is 0. The molecule has 6 heteroatoms. The van der Waals surface area contributed by atoms with Crippen LogP contribution in [0.25, 0.3) is 0 Å². The first-order chi connectivity index (χ1) is 12.5. The van der Waals surface area contributed by atoms with Crippen LogP contribution in [-0.4, -0.2) is 55.6 Å². The quantitative estimate of drug-likeness (QED) is 0.741. The highest BCUT2D eigenvalue weighted by Crippen LogP contribution is 2.13. The Bertz CT molecular complexity index is 580. The van der Waals surface area contributed by atoms with Gasteiger partial charge < -0.3 is 15.4 Å². The molecule has 6 nitrogen and oxygen atoms in total. The molecule has 2 rings (SSSR count). The van der Waals surface area contributed by atoms with Crippen molar-refractivity contribution in [3.05, 3.63) is 35.4 Å². The van der Waals surface area contributed by atoms with Gasteiger partial charge in [-0.1, -0.05) is 26.0 Å². The molecule has 144 valence electrons. The van der Waals surface area contributed by atoms with Crippen LogP contribution in [0.5, 0.6) is 0 Å². The molecule has 1 aliphatic heterocycles. The maximum Gasteiger partial charge on any atom is 0.251 e. The summed E-state index contributed by atoms with van der Waals surface area (Å²) in [6.45, 7) is 10.4. The zero-order chi connectivity index (χ0) is 18.9. The van der Waals surface area contributed by atoms with E-state index in [1.807, 2.05) is 12.1 Å². The zero-order valence-electron chi connectivity index (χ0n) is 16.1. The van der Waals surface area contributed by atoms with Crippen molar-refractivity contribution in [1.82, 2.24) is 15.5 Å². The summed E-state index contributed by atoms with van der Waals surface area (Å²) >= 11 is 0. The lowest BCUT2D eigenvalue weighted by atomic mass is 10.0. The number of carbonyl (C=O) groups excluding carboxylic acids is 2. The third-order valence-electron chi connectivity index (χ3n) is 4.56. The van der Waals surface area contributed by atoms with Crippen LogP contribution < -0.4 is 10.6 Å². The maximum absolute atomic E-state index is 12.5. The highest BCUT2D eigenvalue weighted by atomic mass is 16.5. The molecular formula is C20H31N3O3. The van der Waals surface area contributed by atoms with Crippen molar-refractivity contribution in [2.45, 2.75) is 39.8 Å². The Morgan fingerprint density at radius 1 is 1.12 bits per heavy atom. The molecule has 0 saturated carbocycles. The molecule has 1 saturated heterocycles. The first kappa shape index (κ1) is 20.4. The van der Waals surface area contributed by atoms with E-state index >= 15 is 0 Å². The van der Waals surface area contributed by atoms with Gasteiger partial charge in [0, 0.05) is 44.7 Å². The Labute approximate surface area is 156 Å². The predicted molar refractivity (Wildman–Crippen MR) is 102 cm³/mol. The normalized spacial score (nSPS) is 16.3. The van der Waals surface area contributed by atoms with Gasteiger partial charge in [-0.15, -0.1) is 0 Å². The van der Waals surface area contributed by atoms with E-state index in [2.05, 4.69) is 29.4 Å². The van der Waals surface area contributed by atoms with Gasteiger partial charge in [0.1, 0.15) is 0 Å². The molecular weight excluding hydrogens is 330 g/mol. The molecule has 1 aromatic carbocycles. The third kappa shape index (κ3) is 6.77. The summed E-state index contributed by atoms with van der Waals surface area (Å²) in [6, 6.07) is 7.69. The molecule has 1 aromatic rings. The fraction of sp³-hybridized carbons (Fsp3) is 0.600. The largest absolute Gasteiger partial charge is 0.379 e. The number of benzene rings is 1. The van der Waals surface area contributed by atoms with Crippen LogP contribution in [0, 0.1) is 5.92 Å². The monoisotopic (exact) mass is 361 g/mol. The van der Waals surface area contributed by atoms with Crippen LogP contribution in [0.2, 0.25) is 0 Å². The van der Waals surface area contributed by atoms with Crippen molar-refractivity contribution in [1.29, 1.82) is 0 Å². The van der Waals surface area contributed by atoms with Crippen molar-refractivity contribution < 1.29 is 14.3 Å². The number of ether oxygens (including phenoxy) is 1. The number of carbonyl (C=O) groups is 2. The van der Waals surface area contributed by atoms with Gasteiger partial charge in [0.2, 0.25) is 5.91 Å². The lowest BCUT2D eigenvalue weighted by molar-refractivity contribution is -0.119. The molecule has 0 aromatic heterocycles. The molecule has 1 atom stereocenters. The summed E-state index contributed by atoms with van der Waals surface area (Å²) in [5, 5.41) is 5.83. The van der Waals surface area contributed by atoms with Crippen LogP contribution in [0.3, 0.4) is 0 Å². The standard InChI is InChI=1S/C20H31N3O3/c1-15(2)12-19(23-8-10-26-11-9-23)14-22-20(25)18-6-4-17(5-7-18)13-21-16(3)24/h4-7,15,19H,8-14H2,1-3H3,(H,21,24)(H,22,25). The van der Waals surface area contributed by atoms with Gasteiger partial charge in [-0.2, -0.15) is 0 Å². The lowest BCUT2D eigenvalue weighted by Gasteiger charge is -2.35. The second-order valence-electron chi connectivity index (χ2n) is 7.25. The summed E-state index contributed by atoms with van der Waals surface area (Å²) in [6.07, 6.45) is 1.05. The molecule has 1 aliphatic rings. The summed E-state index contributed by atoms with van der Waals surface area (Å²) in [5.41, 5.74) is 1.62. The highest BCUT2D eigenvalue weighted by molar-refractivity contribution is 5.94. The minimum absolute atomic E-state index is 0.0573. The van der Waals surface area contributed by atoms with Crippen molar-refractivity contribution >= 4 is 11.8 Å². The predicted octanol–water partition coefficient (Wildman–Crippen LogP) is 1.80. The number of amides is 2. The molecule has 0 spiro atoms. The SMILES string of the molecule is CC(=O)NCc1ccc(C(=O)NCC(CC(C)C)N2CCOCC2)cc1. The Balaban J connectivity index is 1.88. The maximum atomic E-state index is 12.5. The van der Waals surface area contributed by atoms with Gasteiger partial charge in [0.05, 0.1) is 13.2 Å². The van der Waals surface area contributed by atoms with E-state index < -0.39 is 0 Å². The smallest absolute Gasteiger partial charge is 0.251 e. The second kappa shape index (κ2) is 10.3. The molecule has 26 heavy (non-hydrogen) atoms. The first-order valence-electron chi connectivity index (χ1n) is 9.39. The molecule has 2 amide bonds. The van der Waals surface area contributed by atoms with E-state index in [-0.39, 0.29) is 11.8 Å². The van der Waals surface area contributed by atoms with Crippen LogP contribution in [0.1, 0.15) is 43.1 Å². The van der Waals surface area contributed by atoms with Crippen molar-refractivity contribution in [2.75, 3.05) is 32.8 Å². The number of rotatable bonds is 8. The number of nitrogens with one attached hydrogen (secondary N) is 2. The van der Waals surface area contributed by atoms with Gasteiger partial charge in [-0.25, -0.2) is 0 Å². The fourth-order valence-electron chi connectivity index (χ4n) is 3.16. The molecule has 0 bridgehead atoms. The molecule has 1 fully saturated rings. The minimum Gasteiger partial charge on any atom is -0.379 e. The van der Waals surface area contributed by atoms with E-state index in [0.717, 1.165) is 38.3 Å². The molecule has 1 heterocycles. The van der Waals surface area contributed by atoms with E-state index in [4.69, 9.17) is 4.74 Å². The van der Waals surface area contributed by atoms with Gasteiger partial charge in [-0.05, 0) is 30.0 Å². The van der Waals surface area contributed by atoms with Crippen molar-refractivity contribution in [3.8, 4) is 0 Å². The number of hydrogen-bond donors (Lipinski definition) is 2. The summed E-state index contributed by atoms with van der Waals surface area (Å²) in [5.74, 6) is 0.456. The molecule has 2 N–H and O–H groups in total. The van der Waals surface area contributed by atoms with E-state index in [9.17, 15) is 9.59 Å². The van der Waals surface area contributed by atoms with Gasteiger partial charge >= 0.3 is 0 Å². The minimum atomic E-state index is -0.0638. The Kier molecular flexibility index (Phi) is 8.06. The van der Waals surface area contributed by atoms with Crippen LogP contribution in [0.4, 0.5) is 0 Å². The Hall–Kier alpha value is -1.92. The van der Waals surface area contributed by atoms with E-state index in [0.29, 0.717) is 30.6 Å². The van der Waals surface area contributed by atoms with E-state index in [1.165, 1.54) is 6.92 Å². The Morgan fingerprint density at radius 2 is 1.77 bits per heavy atom. The van der Waals surface area contributed by atoms with Gasteiger partial charge in [0.25, 0.3) is 5.91 Å². The van der Waals surface area contributed by atoms with Crippen LogP contribution in [0.15, 0.2) is 24.3 Å². The molecule has 1 unspecified atom stereocenters. The van der Waals surface area contributed by atoms with E-state index in [1.54, 1.807) is 12.1 Å². The number of nitrogens with zero attached hydrogens (tertiary/aromatic N) is 1. The highest BCUT2D eigenvalue weighted by Gasteiger charge is 2.22. The average Bonchev–Trinajstić information content (AvgIpc) is 2.64. The molecule has 0 radical (unpaired) electrons. The topological polar surface area (TPSA) is 70.7 Å². The van der Waals surface area contributed by atoms with Crippen molar-refractivity contribution in [3.63, 3.8) is 0 Å². The van der Waals surface area contributed by atoms with Crippen LogP contribution >= 0.6 is 0 Å². The summed E-state index contributed by atoms with van der Waals surface area (Å²) in [4.78, 5) is 25.8. The Morgan fingerprint density at radius 3 is 2.35 bits per heavy atom. The second-order valence-corrected chi connectivity index (χ2v) is 7.25. The lowest BCUT2D eigenvalue weighted by Crippen LogP contribution is -2.49. The van der Waals surface area contributed by atoms with Gasteiger partial charge in [0.15, 0.2) is 0 Å². The van der Waals surface area contributed by atoms with Crippen LogP contribution in [-0.2, 0) is 16.1 Å². The fourth-order valence-corrected chi connectivity index (χ4v) is 3.16. The first-order valence-corrected chi connectivity index (χ1v) is 9.39. The van der Waals surface area contributed by atoms with Crippen molar-refractivity contribution in [2.24, 2.45) is 5.92 Å². The number of morpholine rings is 1. The average molecular weight is 361 g/mol. The third-order valence-corrected chi connectivity index (χ3v) is 4.56. The van der Waals surface area contributed by atoms with Gasteiger partial charge in [-0.3, -0.25) is 14.5 Å².